The fourth-order valence-electron chi connectivity index (χ4n) is 2.87. The van der Waals surface area contributed by atoms with Crippen molar-refractivity contribution in [3.63, 3.8) is 0 Å². The molecule has 1 aromatic carbocycles. The quantitative estimate of drug-likeness (QED) is 0.810. The molecular formula is C18H27ClN2O2. The first-order valence-corrected chi connectivity index (χ1v) is 8.29. The van der Waals surface area contributed by atoms with E-state index in [0.717, 1.165) is 39.0 Å². The molecule has 1 aliphatic rings. The summed E-state index contributed by atoms with van der Waals surface area (Å²) in [6, 6.07) is 7.07. The Labute approximate surface area is 145 Å². The number of ketones is 1. The predicted octanol–water partition coefficient (Wildman–Crippen LogP) is 3.16. The van der Waals surface area contributed by atoms with Crippen molar-refractivity contribution in [3.05, 3.63) is 35.4 Å². The summed E-state index contributed by atoms with van der Waals surface area (Å²) in [4.78, 5) is 26.0. The monoisotopic (exact) mass is 338 g/mol. The Morgan fingerprint density at radius 1 is 1.09 bits per heavy atom. The van der Waals surface area contributed by atoms with Gasteiger partial charge in [0.1, 0.15) is 0 Å². The average molecular weight is 339 g/mol. The third-order valence-corrected chi connectivity index (χ3v) is 4.36. The molecule has 1 fully saturated rings. The van der Waals surface area contributed by atoms with Crippen LogP contribution in [0.25, 0.3) is 0 Å². The molecule has 0 aliphatic carbocycles. The number of nitrogens with zero attached hydrogens (tertiary/aromatic N) is 1. The zero-order valence-corrected chi connectivity index (χ0v) is 14.8. The van der Waals surface area contributed by atoms with Gasteiger partial charge in [0.15, 0.2) is 5.78 Å². The van der Waals surface area contributed by atoms with Gasteiger partial charge in [-0.2, -0.15) is 0 Å². The summed E-state index contributed by atoms with van der Waals surface area (Å²) >= 11 is 0. The van der Waals surface area contributed by atoms with E-state index in [0.29, 0.717) is 23.5 Å². The molecule has 0 unspecified atom stereocenters. The molecule has 0 saturated carbocycles. The van der Waals surface area contributed by atoms with Crippen LogP contribution in [0.5, 0.6) is 0 Å². The second-order valence-electron chi connectivity index (χ2n) is 5.90. The molecule has 1 N–H and O–H groups in total. The number of nitrogens with one attached hydrogen (secondary N) is 1. The lowest BCUT2D eigenvalue weighted by atomic mass is 9.96. The van der Waals surface area contributed by atoms with E-state index in [-0.39, 0.29) is 24.1 Å². The van der Waals surface area contributed by atoms with Crippen molar-refractivity contribution in [1.29, 1.82) is 0 Å². The highest BCUT2D eigenvalue weighted by Crippen LogP contribution is 2.19. The number of piperidine rings is 1. The summed E-state index contributed by atoms with van der Waals surface area (Å²) in [5, 5.41) is 3.38. The molecular weight excluding hydrogens is 312 g/mol. The van der Waals surface area contributed by atoms with Gasteiger partial charge in [-0.1, -0.05) is 26.0 Å². The smallest absolute Gasteiger partial charge is 0.253 e. The van der Waals surface area contributed by atoms with Gasteiger partial charge in [-0.3, -0.25) is 9.59 Å². The number of halogens is 1. The van der Waals surface area contributed by atoms with E-state index in [2.05, 4.69) is 12.2 Å². The molecule has 0 atom stereocenters. The van der Waals surface area contributed by atoms with Crippen LogP contribution in [0.4, 0.5) is 0 Å². The Morgan fingerprint density at radius 2 is 1.65 bits per heavy atom. The van der Waals surface area contributed by atoms with Crippen molar-refractivity contribution in [3.8, 4) is 0 Å². The van der Waals surface area contributed by atoms with Crippen LogP contribution in [0.2, 0.25) is 0 Å². The number of amides is 1. The van der Waals surface area contributed by atoms with Crippen LogP contribution < -0.4 is 5.32 Å². The Balaban J connectivity index is 0.00000264. The van der Waals surface area contributed by atoms with E-state index >= 15 is 0 Å². The third-order valence-electron chi connectivity index (χ3n) is 4.36. The van der Waals surface area contributed by atoms with E-state index in [1.54, 1.807) is 24.3 Å². The Morgan fingerprint density at radius 3 is 2.17 bits per heavy atom. The first-order valence-electron chi connectivity index (χ1n) is 8.29. The highest BCUT2D eigenvalue weighted by atomic mass is 35.5. The Kier molecular flexibility index (Phi) is 8.28. The number of carbonyl (C=O) groups is 2. The zero-order chi connectivity index (χ0) is 15.9. The lowest BCUT2D eigenvalue weighted by Gasteiger charge is -2.32. The molecule has 23 heavy (non-hydrogen) atoms. The maximum Gasteiger partial charge on any atom is 0.253 e. The van der Waals surface area contributed by atoms with Crippen LogP contribution >= 0.6 is 12.4 Å². The lowest BCUT2D eigenvalue weighted by Crippen LogP contribution is -2.40. The highest BCUT2D eigenvalue weighted by molar-refractivity contribution is 5.98. The van der Waals surface area contributed by atoms with Crippen LogP contribution in [0.3, 0.4) is 0 Å². The maximum atomic E-state index is 12.5. The van der Waals surface area contributed by atoms with E-state index in [9.17, 15) is 9.59 Å². The Hall–Kier alpha value is -1.39. The molecule has 1 amide bonds. The van der Waals surface area contributed by atoms with Gasteiger partial charge in [-0.15, -0.1) is 12.4 Å². The number of likely N-dealkylation sites (tertiary alicyclic amines) is 1. The fourth-order valence-corrected chi connectivity index (χ4v) is 2.87. The number of hydrogen-bond donors (Lipinski definition) is 1. The molecule has 1 saturated heterocycles. The van der Waals surface area contributed by atoms with Gasteiger partial charge < -0.3 is 10.2 Å². The predicted molar refractivity (Wildman–Crippen MR) is 95.5 cm³/mol. The van der Waals surface area contributed by atoms with Gasteiger partial charge in [0.05, 0.1) is 0 Å². The SMILES string of the molecule is CCNCC1CCN(C(=O)c2ccc(C(=O)CC)cc2)CC1.Cl. The third kappa shape index (κ3) is 5.33. The minimum Gasteiger partial charge on any atom is -0.339 e. The summed E-state index contributed by atoms with van der Waals surface area (Å²) < 4.78 is 0. The highest BCUT2D eigenvalue weighted by Gasteiger charge is 2.23. The van der Waals surface area contributed by atoms with Gasteiger partial charge in [0, 0.05) is 30.6 Å². The van der Waals surface area contributed by atoms with E-state index in [1.807, 2.05) is 11.8 Å². The first kappa shape index (κ1) is 19.7. The molecule has 2 rings (SSSR count). The summed E-state index contributed by atoms with van der Waals surface area (Å²) in [5.74, 6) is 0.870. The van der Waals surface area contributed by atoms with Crippen LogP contribution in [0.1, 0.15) is 53.8 Å². The zero-order valence-electron chi connectivity index (χ0n) is 14.0. The van der Waals surface area contributed by atoms with Gasteiger partial charge >= 0.3 is 0 Å². The first-order chi connectivity index (χ1) is 10.7. The molecule has 1 heterocycles. The number of Topliss-reactive ketones (excluding diaryl/α,β-unsaturated/α-hetero) is 1. The van der Waals surface area contributed by atoms with Crippen LogP contribution in [-0.4, -0.2) is 42.8 Å². The molecule has 5 heteroatoms. The number of rotatable bonds is 6. The van der Waals surface area contributed by atoms with Crippen molar-refractivity contribution in [1.82, 2.24) is 10.2 Å². The maximum absolute atomic E-state index is 12.5. The van der Waals surface area contributed by atoms with Crippen molar-refractivity contribution < 1.29 is 9.59 Å². The van der Waals surface area contributed by atoms with Crippen molar-refractivity contribution in [2.75, 3.05) is 26.2 Å². The molecule has 0 radical (unpaired) electrons. The number of carbonyl (C=O) groups excluding carboxylic acids is 2. The molecule has 0 bridgehead atoms. The van der Waals surface area contributed by atoms with Crippen molar-refractivity contribution in [2.45, 2.75) is 33.1 Å². The van der Waals surface area contributed by atoms with E-state index in [4.69, 9.17) is 0 Å². The topological polar surface area (TPSA) is 49.4 Å². The molecule has 4 nitrogen and oxygen atoms in total. The molecule has 0 aromatic heterocycles. The Bertz CT molecular complexity index is 508. The summed E-state index contributed by atoms with van der Waals surface area (Å²) in [6.45, 7) is 7.66. The van der Waals surface area contributed by atoms with Crippen LogP contribution in [-0.2, 0) is 0 Å². The van der Waals surface area contributed by atoms with Gasteiger partial charge in [-0.25, -0.2) is 0 Å². The summed E-state index contributed by atoms with van der Waals surface area (Å²) in [5.41, 5.74) is 1.36. The standard InChI is InChI=1S/C18H26N2O2.ClH/c1-3-17(21)15-5-7-16(8-6-15)18(22)20-11-9-14(10-12-20)13-19-4-2;/h5-8,14,19H,3-4,9-13H2,1-2H3;1H. The van der Waals surface area contributed by atoms with Gasteiger partial charge in [0.25, 0.3) is 5.91 Å². The van der Waals surface area contributed by atoms with Crippen LogP contribution in [0.15, 0.2) is 24.3 Å². The minimum absolute atomic E-state index is 0. The van der Waals surface area contributed by atoms with E-state index in [1.165, 1.54) is 0 Å². The average Bonchev–Trinajstić information content (AvgIpc) is 2.59. The second-order valence-corrected chi connectivity index (χ2v) is 5.90. The fraction of sp³-hybridized carbons (Fsp3) is 0.556. The molecule has 128 valence electrons. The molecule has 0 spiro atoms. The van der Waals surface area contributed by atoms with Gasteiger partial charge in [-0.05, 0) is 44.0 Å². The minimum atomic E-state index is 0. The van der Waals surface area contributed by atoms with Crippen molar-refractivity contribution in [2.24, 2.45) is 5.92 Å². The normalized spacial score (nSPS) is 15.1. The van der Waals surface area contributed by atoms with E-state index < -0.39 is 0 Å². The van der Waals surface area contributed by atoms with Gasteiger partial charge in [0.2, 0.25) is 0 Å². The number of benzene rings is 1. The molecule has 1 aromatic rings. The second kappa shape index (κ2) is 9.68. The van der Waals surface area contributed by atoms with Crippen molar-refractivity contribution >= 4 is 24.1 Å². The summed E-state index contributed by atoms with van der Waals surface area (Å²) in [7, 11) is 0. The number of hydrogen-bond acceptors (Lipinski definition) is 3. The largest absolute Gasteiger partial charge is 0.339 e. The lowest BCUT2D eigenvalue weighted by molar-refractivity contribution is 0.0690. The summed E-state index contributed by atoms with van der Waals surface area (Å²) in [6.07, 6.45) is 2.61. The van der Waals surface area contributed by atoms with Crippen LogP contribution in [0, 0.1) is 5.92 Å². The molecule has 1 aliphatic heterocycles.